The first kappa shape index (κ1) is 13.1. The molecule has 0 aliphatic carbocycles. The Hall–Kier alpha value is -1.32. The van der Waals surface area contributed by atoms with E-state index in [1.807, 2.05) is 18.2 Å². The predicted octanol–water partition coefficient (Wildman–Crippen LogP) is 2.97. The van der Waals surface area contributed by atoms with Crippen LogP contribution < -0.4 is 5.32 Å². The summed E-state index contributed by atoms with van der Waals surface area (Å²) in [5.41, 5.74) is 3.49. The summed E-state index contributed by atoms with van der Waals surface area (Å²) < 4.78 is 0. The standard InChI is InChI=1S/C14H17N3.ClH/c1-2-5-11(6-3-1)13-9-14(17-16-13)12-7-4-8-15-10-12;/h1-3,5-6,9,12,15H,4,7-8,10H2,(H,16,17);1H. The molecule has 3 rings (SSSR count). The van der Waals surface area contributed by atoms with E-state index in [2.05, 4.69) is 33.7 Å². The molecular weight excluding hydrogens is 246 g/mol. The smallest absolute Gasteiger partial charge is 0.0923 e. The molecule has 18 heavy (non-hydrogen) atoms. The first-order valence-corrected chi connectivity index (χ1v) is 6.25. The summed E-state index contributed by atoms with van der Waals surface area (Å²) in [7, 11) is 0. The predicted molar refractivity (Wildman–Crippen MR) is 76.1 cm³/mol. The molecule has 4 heteroatoms. The van der Waals surface area contributed by atoms with E-state index in [0.29, 0.717) is 5.92 Å². The van der Waals surface area contributed by atoms with Gasteiger partial charge in [0, 0.05) is 23.7 Å². The van der Waals surface area contributed by atoms with Crippen molar-refractivity contribution >= 4 is 12.4 Å². The summed E-state index contributed by atoms with van der Waals surface area (Å²) >= 11 is 0. The normalized spacial score (nSPS) is 19.2. The van der Waals surface area contributed by atoms with E-state index < -0.39 is 0 Å². The zero-order valence-electron chi connectivity index (χ0n) is 10.2. The summed E-state index contributed by atoms with van der Waals surface area (Å²) in [5, 5.41) is 11.0. The lowest BCUT2D eigenvalue weighted by Gasteiger charge is -2.21. The summed E-state index contributed by atoms with van der Waals surface area (Å²) in [4.78, 5) is 0. The number of nitrogens with zero attached hydrogens (tertiary/aromatic N) is 1. The first-order chi connectivity index (χ1) is 8.43. The van der Waals surface area contributed by atoms with Crippen LogP contribution in [0.25, 0.3) is 11.3 Å². The number of hydrogen-bond acceptors (Lipinski definition) is 2. The van der Waals surface area contributed by atoms with E-state index in [0.717, 1.165) is 18.8 Å². The number of benzene rings is 1. The molecule has 0 amide bonds. The number of aromatic amines is 1. The van der Waals surface area contributed by atoms with Gasteiger partial charge < -0.3 is 5.32 Å². The fourth-order valence-electron chi connectivity index (χ4n) is 2.42. The van der Waals surface area contributed by atoms with E-state index in [1.165, 1.54) is 24.1 Å². The molecule has 0 saturated carbocycles. The second kappa shape index (κ2) is 6.03. The van der Waals surface area contributed by atoms with Crippen molar-refractivity contribution in [3.05, 3.63) is 42.1 Å². The van der Waals surface area contributed by atoms with E-state index in [9.17, 15) is 0 Å². The zero-order chi connectivity index (χ0) is 11.5. The van der Waals surface area contributed by atoms with E-state index in [-0.39, 0.29) is 12.4 Å². The van der Waals surface area contributed by atoms with E-state index >= 15 is 0 Å². The van der Waals surface area contributed by atoms with Gasteiger partial charge in [0.15, 0.2) is 0 Å². The van der Waals surface area contributed by atoms with Crippen LogP contribution in [0.2, 0.25) is 0 Å². The van der Waals surface area contributed by atoms with Crippen molar-refractivity contribution in [2.24, 2.45) is 0 Å². The van der Waals surface area contributed by atoms with Gasteiger partial charge in [0.05, 0.1) is 5.69 Å². The van der Waals surface area contributed by atoms with Crippen molar-refractivity contribution in [2.75, 3.05) is 13.1 Å². The Labute approximate surface area is 113 Å². The van der Waals surface area contributed by atoms with Gasteiger partial charge in [-0.1, -0.05) is 30.3 Å². The third-order valence-electron chi connectivity index (χ3n) is 3.40. The third-order valence-corrected chi connectivity index (χ3v) is 3.40. The highest BCUT2D eigenvalue weighted by molar-refractivity contribution is 5.85. The second-order valence-electron chi connectivity index (χ2n) is 4.62. The number of aromatic nitrogens is 2. The first-order valence-electron chi connectivity index (χ1n) is 6.25. The molecule has 0 spiro atoms. The second-order valence-corrected chi connectivity index (χ2v) is 4.62. The van der Waals surface area contributed by atoms with Crippen LogP contribution in [0.4, 0.5) is 0 Å². The largest absolute Gasteiger partial charge is 0.316 e. The van der Waals surface area contributed by atoms with Crippen LogP contribution in [0.5, 0.6) is 0 Å². The Bertz CT molecular complexity index is 475. The maximum Gasteiger partial charge on any atom is 0.0923 e. The molecule has 1 saturated heterocycles. The van der Waals surface area contributed by atoms with Crippen LogP contribution in [0.3, 0.4) is 0 Å². The fraction of sp³-hybridized carbons (Fsp3) is 0.357. The van der Waals surface area contributed by atoms with Crippen LogP contribution >= 0.6 is 12.4 Å². The average molecular weight is 264 g/mol. The lowest BCUT2D eigenvalue weighted by Crippen LogP contribution is -2.28. The number of rotatable bonds is 2. The molecule has 1 atom stereocenters. The number of hydrogen-bond donors (Lipinski definition) is 2. The van der Waals surface area contributed by atoms with Crippen LogP contribution in [-0.4, -0.2) is 23.3 Å². The molecular formula is C14H18ClN3. The van der Waals surface area contributed by atoms with Crippen molar-refractivity contribution in [3.8, 4) is 11.3 Å². The maximum atomic E-state index is 4.41. The minimum absolute atomic E-state index is 0. The van der Waals surface area contributed by atoms with Crippen LogP contribution in [0, 0.1) is 0 Å². The number of nitrogens with one attached hydrogen (secondary N) is 2. The lowest BCUT2D eigenvalue weighted by atomic mass is 9.96. The maximum absolute atomic E-state index is 4.41. The van der Waals surface area contributed by atoms with Gasteiger partial charge in [-0.05, 0) is 25.5 Å². The zero-order valence-corrected chi connectivity index (χ0v) is 11.0. The lowest BCUT2D eigenvalue weighted by molar-refractivity contribution is 0.454. The summed E-state index contributed by atoms with van der Waals surface area (Å²) in [6, 6.07) is 12.5. The van der Waals surface area contributed by atoms with Gasteiger partial charge in [-0.2, -0.15) is 5.10 Å². The quantitative estimate of drug-likeness (QED) is 0.875. The van der Waals surface area contributed by atoms with Gasteiger partial charge in [-0.3, -0.25) is 5.10 Å². The molecule has 1 unspecified atom stereocenters. The molecule has 0 radical (unpaired) electrons. The average Bonchev–Trinajstić information content (AvgIpc) is 2.90. The van der Waals surface area contributed by atoms with Crippen molar-refractivity contribution in [1.29, 1.82) is 0 Å². The molecule has 2 aromatic rings. The molecule has 0 bridgehead atoms. The summed E-state index contributed by atoms with van der Waals surface area (Å²) in [5.74, 6) is 0.591. The highest BCUT2D eigenvalue weighted by atomic mass is 35.5. The highest BCUT2D eigenvalue weighted by Crippen LogP contribution is 2.25. The van der Waals surface area contributed by atoms with Crippen molar-refractivity contribution < 1.29 is 0 Å². The SMILES string of the molecule is Cl.c1ccc(-c2cc(C3CCCNC3)[nH]n2)cc1. The molecule has 96 valence electrons. The molecule has 1 aliphatic rings. The van der Waals surface area contributed by atoms with Gasteiger partial charge in [0.1, 0.15) is 0 Å². The third kappa shape index (κ3) is 2.74. The Kier molecular flexibility index (Phi) is 4.39. The van der Waals surface area contributed by atoms with Crippen molar-refractivity contribution in [3.63, 3.8) is 0 Å². The number of piperidine rings is 1. The van der Waals surface area contributed by atoms with Gasteiger partial charge >= 0.3 is 0 Å². The topological polar surface area (TPSA) is 40.7 Å². The van der Waals surface area contributed by atoms with Crippen LogP contribution in [0.15, 0.2) is 36.4 Å². The summed E-state index contributed by atoms with van der Waals surface area (Å²) in [6.45, 7) is 2.21. The van der Waals surface area contributed by atoms with E-state index in [1.54, 1.807) is 0 Å². The Morgan fingerprint density at radius 3 is 2.72 bits per heavy atom. The number of halogens is 1. The van der Waals surface area contributed by atoms with Crippen molar-refractivity contribution in [2.45, 2.75) is 18.8 Å². The van der Waals surface area contributed by atoms with E-state index in [4.69, 9.17) is 0 Å². The Balaban J connectivity index is 0.00000120. The minimum Gasteiger partial charge on any atom is -0.316 e. The molecule has 3 nitrogen and oxygen atoms in total. The molecule has 1 fully saturated rings. The van der Waals surface area contributed by atoms with Crippen LogP contribution in [0.1, 0.15) is 24.5 Å². The molecule has 2 heterocycles. The van der Waals surface area contributed by atoms with Crippen LogP contribution in [-0.2, 0) is 0 Å². The fourth-order valence-corrected chi connectivity index (χ4v) is 2.42. The van der Waals surface area contributed by atoms with Gasteiger partial charge in [0.25, 0.3) is 0 Å². The van der Waals surface area contributed by atoms with Crippen molar-refractivity contribution in [1.82, 2.24) is 15.5 Å². The molecule has 2 N–H and O–H groups in total. The monoisotopic (exact) mass is 263 g/mol. The summed E-state index contributed by atoms with van der Waals surface area (Å²) in [6.07, 6.45) is 2.51. The molecule has 1 aromatic carbocycles. The minimum atomic E-state index is 0. The van der Waals surface area contributed by atoms with Gasteiger partial charge in [-0.15, -0.1) is 12.4 Å². The number of H-pyrrole nitrogens is 1. The molecule has 1 aliphatic heterocycles. The highest BCUT2D eigenvalue weighted by Gasteiger charge is 2.17. The molecule has 1 aromatic heterocycles. The van der Waals surface area contributed by atoms with Gasteiger partial charge in [0.2, 0.25) is 0 Å². The van der Waals surface area contributed by atoms with Gasteiger partial charge in [-0.25, -0.2) is 0 Å². The Morgan fingerprint density at radius 2 is 2.00 bits per heavy atom. The Morgan fingerprint density at radius 1 is 1.17 bits per heavy atom.